The van der Waals surface area contributed by atoms with Gasteiger partial charge in [-0.25, -0.2) is 0 Å². The highest BCUT2D eigenvalue weighted by atomic mass is 16.5. The molecule has 4 aromatic rings. The molecule has 2 heterocycles. The summed E-state index contributed by atoms with van der Waals surface area (Å²) in [5.41, 5.74) is 3.76. The Morgan fingerprint density at radius 2 is 2.00 bits per heavy atom. The molecule has 2 aromatic heterocycles. The number of aromatic nitrogens is 3. The molecular formula is C18H18N4O. The smallest absolute Gasteiger partial charge is 0.169 e. The maximum atomic E-state index is 5.48. The van der Waals surface area contributed by atoms with Gasteiger partial charge < -0.3 is 9.84 Å². The molecule has 23 heavy (non-hydrogen) atoms. The average Bonchev–Trinajstić information content (AvgIpc) is 3.12. The van der Waals surface area contributed by atoms with Crippen LogP contribution in [-0.2, 0) is 6.42 Å². The lowest BCUT2D eigenvalue weighted by molar-refractivity contribution is 0.439. The van der Waals surface area contributed by atoms with Crippen molar-refractivity contribution in [1.82, 2.24) is 15.4 Å². The lowest BCUT2D eigenvalue weighted by atomic mass is 10.1. The third kappa shape index (κ3) is 2.54. The highest BCUT2D eigenvalue weighted by molar-refractivity contribution is 5.92. The van der Waals surface area contributed by atoms with Gasteiger partial charge in [0, 0.05) is 22.5 Å². The van der Waals surface area contributed by atoms with Crippen molar-refractivity contribution in [3.05, 3.63) is 48.2 Å². The molecule has 0 aliphatic carbocycles. The molecule has 2 aromatic carbocycles. The Morgan fingerprint density at radius 3 is 2.87 bits per heavy atom. The topological polar surface area (TPSA) is 66.7 Å². The second-order valence-electron chi connectivity index (χ2n) is 6.18. The van der Waals surface area contributed by atoms with Gasteiger partial charge in [-0.3, -0.25) is 5.10 Å². The largest absolute Gasteiger partial charge is 0.356 e. The molecular weight excluding hydrogens is 288 g/mol. The van der Waals surface area contributed by atoms with Crippen molar-refractivity contribution in [3.63, 3.8) is 0 Å². The fourth-order valence-corrected chi connectivity index (χ4v) is 2.80. The molecule has 0 radical (unpaired) electrons. The molecule has 0 amide bonds. The first-order valence-corrected chi connectivity index (χ1v) is 7.79. The highest BCUT2D eigenvalue weighted by Gasteiger charge is 2.11. The van der Waals surface area contributed by atoms with Crippen LogP contribution in [0.4, 0.5) is 11.5 Å². The zero-order chi connectivity index (χ0) is 15.8. The summed E-state index contributed by atoms with van der Waals surface area (Å²) in [6, 6.07) is 14.1. The van der Waals surface area contributed by atoms with Crippen LogP contribution < -0.4 is 5.32 Å². The molecule has 5 heteroatoms. The minimum atomic E-state index is 0.552. The van der Waals surface area contributed by atoms with E-state index >= 15 is 0 Å². The molecule has 4 rings (SSSR count). The van der Waals surface area contributed by atoms with Crippen molar-refractivity contribution in [2.45, 2.75) is 20.3 Å². The van der Waals surface area contributed by atoms with Crippen molar-refractivity contribution in [2.24, 2.45) is 5.92 Å². The summed E-state index contributed by atoms with van der Waals surface area (Å²) in [5, 5.41) is 17.0. The monoisotopic (exact) mass is 306 g/mol. The van der Waals surface area contributed by atoms with Gasteiger partial charge in [0.25, 0.3) is 0 Å². The maximum Gasteiger partial charge on any atom is 0.169 e. The third-order valence-corrected chi connectivity index (χ3v) is 3.88. The van der Waals surface area contributed by atoms with E-state index in [1.165, 1.54) is 0 Å². The standard InChI is InChI=1S/C18H18N4O/c1-11(2)9-16-13-8-7-12(10-17(13)23-22-16)19-18-14-5-3-4-6-15(14)20-21-18/h3-8,10-11H,9H2,1-2H3,(H2,19,20,21). The average molecular weight is 306 g/mol. The van der Waals surface area contributed by atoms with Crippen molar-refractivity contribution in [3.8, 4) is 0 Å². The molecule has 0 saturated carbocycles. The Hall–Kier alpha value is -2.82. The summed E-state index contributed by atoms with van der Waals surface area (Å²) >= 11 is 0. The van der Waals surface area contributed by atoms with E-state index in [0.717, 1.165) is 45.5 Å². The lowest BCUT2D eigenvalue weighted by Gasteiger charge is -2.04. The van der Waals surface area contributed by atoms with Crippen LogP contribution in [0, 0.1) is 5.92 Å². The Labute approximate surface area is 133 Å². The predicted molar refractivity (Wildman–Crippen MR) is 91.9 cm³/mol. The second-order valence-corrected chi connectivity index (χ2v) is 6.18. The summed E-state index contributed by atoms with van der Waals surface area (Å²) in [4.78, 5) is 0. The predicted octanol–water partition coefficient (Wildman–Crippen LogP) is 4.65. The van der Waals surface area contributed by atoms with Gasteiger partial charge in [-0.2, -0.15) is 5.10 Å². The highest BCUT2D eigenvalue weighted by Crippen LogP contribution is 2.28. The fraction of sp³-hybridized carbons (Fsp3) is 0.222. The van der Waals surface area contributed by atoms with Gasteiger partial charge in [-0.15, -0.1) is 0 Å². The van der Waals surface area contributed by atoms with Gasteiger partial charge in [0.1, 0.15) is 0 Å². The van der Waals surface area contributed by atoms with Gasteiger partial charge in [0.15, 0.2) is 11.4 Å². The molecule has 0 aliphatic heterocycles. The van der Waals surface area contributed by atoms with Crippen LogP contribution in [0.1, 0.15) is 19.5 Å². The van der Waals surface area contributed by atoms with Gasteiger partial charge in [0.2, 0.25) is 0 Å². The third-order valence-electron chi connectivity index (χ3n) is 3.88. The number of aromatic amines is 1. The van der Waals surface area contributed by atoms with Crippen LogP contribution in [0.3, 0.4) is 0 Å². The van der Waals surface area contributed by atoms with Crippen LogP contribution in [-0.4, -0.2) is 15.4 Å². The van der Waals surface area contributed by atoms with Crippen molar-refractivity contribution in [2.75, 3.05) is 5.32 Å². The van der Waals surface area contributed by atoms with Gasteiger partial charge in [-0.1, -0.05) is 31.1 Å². The van der Waals surface area contributed by atoms with E-state index in [9.17, 15) is 0 Å². The zero-order valence-electron chi connectivity index (χ0n) is 13.1. The van der Waals surface area contributed by atoms with E-state index in [1.807, 2.05) is 36.4 Å². The second kappa shape index (κ2) is 5.43. The number of rotatable bonds is 4. The Kier molecular flexibility index (Phi) is 3.26. The number of hydrogen-bond acceptors (Lipinski definition) is 4. The van der Waals surface area contributed by atoms with E-state index in [4.69, 9.17) is 4.52 Å². The molecule has 0 bridgehead atoms. The Balaban J connectivity index is 1.67. The molecule has 2 N–H and O–H groups in total. The maximum absolute atomic E-state index is 5.48. The number of para-hydroxylation sites is 1. The van der Waals surface area contributed by atoms with E-state index < -0.39 is 0 Å². The van der Waals surface area contributed by atoms with Crippen LogP contribution in [0.5, 0.6) is 0 Å². The lowest BCUT2D eigenvalue weighted by Crippen LogP contribution is -1.94. The minimum Gasteiger partial charge on any atom is -0.356 e. The van der Waals surface area contributed by atoms with Crippen LogP contribution >= 0.6 is 0 Å². The van der Waals surface area contributed by atoms with E-state index in [1.54, 1.807) is 0 Å². The molecule has 116 valence electrons. The van der Waals surface area contributed by atoms with Crippen LogP contribution in [0.25, 0.3) is 21.9 Å². The SMILES string of the molecule is CC(C)Cc1noc2cc(Nc3n[nH]c4ccccc34)ccc12. The Bertz CT molecular complexity index is 967. The summed E-state index contributed by atoms with van der Waals surface area (Å²) in [6.45, 7) is 4.36. The fourth-order valence-electron chi connectivity index (χ4n) is 2.80. The molecule has 0 saturated heterocycles. The number of fused-ring (bicyclic) bond motifs is 2. The van der Waals surface area contributed by atoms with Crippen molar-refractivity contribution in [1.29, 1.82) is 0 Å². The first kappa shape index (κ1) is 13.8. The number of anilines is 2. The van der Waals surface area contributed by atoms with E-state index in [2.05, 4.69) is 40.6 Å². The van der Waals surface area contributed by atoms with Gasteiger partial charge in [-0.05, 0) is 36.6 Å². The number of H-pyrrole nitrogens is 1. The van der Waals surface area contributed by atoms with Crippen LogP contribution in [0.15, 0.2) is 47.0 Å². The minimum absolute atomic E-state index is 0.552. The summed E-state index contributed by atoms with van der Waals surface area (Å²) < 4.78 is 5.48. The molecule has 0 atom stereocenters. The van der Waals surface area contributed by atoms with Crippen molar-refractivity contribution < 1.29 is 4.52 Å². The molecule has 0 unspecified atom stereocenters. The Morgan fingerprint density at radius 1 is 1.13 bits per heavy atom. The number of nitrogens with one attached hydrogen (secondary N) is 2. The first-order chi connectivity index (χ1) is 11.2. The van der Waals surface area contributed by atoms with Gasteiger partial charge in [0.05, 0.1) is 11.2 Å². The molecule has 5 nitrogen and oxygen atoms in total. The zero-order valence-corrected chi connectivity index (χ0v) is 13.1. The quantitative estimate of drug-likeness (QED) is 0.576. The van der Waals surface area contributed by atoms with Gasteiger partial charge >= 0.3 is 0 Å². The summed E-state index contributed by atoms with van der Waals surface area (Å²) in [7, 11) is 0. The summed E-state index contributed by atoms with van der Waals surface area (Å²) in [5.74, 6) is 1.36. The number of benzene rings is 2. The summed E-state index contributed by atoms with van der Waals surface area (Å²) in [6.07, 6.45) is 0.920. The molecule has 0 aliphatic rings. The first-order valence-electron chi connectivity index (χ1n) is 7.79. The molecule has 0 fully saturated rings. The van der Waals surface area contributed by atoms with E-state index in [0.29, 0.717) is 5.92 Å². The molecule has 0 spiro atoms. The normalized spacial score (nSPS) is 11.6. The van der Waals surface area contributed by atoms with Crippen molar-refractivity contribution >= 4 is 33.4 Å². The van der Waals surface area contributed by atoms with Crippen LogP contribution in [0.2, 0.25) is 0 Å². The number of hydrogen-bond donors (Lipinski definition) is 2. The van der Waals surface area contributed by atoms with E-state index in [-0.39, 0.29) is 0 Å². The number of nitrogens with zero attached hydrogens (tertiary/aromatic N) is 2.